The average Bonchev–Trinajstić information content (AvgIpc) is 2.75. The molecule has 2 saturated heterocycles. The smallest absolute Gasteiger partial charge is 0.255 e. The highest BCUT2D eigenvalue weighted by Crippen LogP contribution is 2.24. The molecule has 6 heteroatoms. The summed E-state index contributed by atoms with van der Waals surface area (Å²) in [5.41, 5.74) is 3.76. The van der Waals surface area contributed by atoms with Crippen molar-refractivity contribution < 1.29 is 4.79 Å². The molecule has 0 atom stereocenters. The number of nitrogens with zero attached hydrogens (tertiary/aromatic N) is 4. The molecule has 2 aliphatic heterocycles. The standard InChI is InChI=1S/C22H29N5O/c1-25-11-13-27(14-12-25)22(28)18-15-20(17-23-16-18)24-19-5-7-21(8-6-19)26-9-3-2-4-10-26/h5-8,15-17,24H,2-4,9-14H2,1H3. The molecule has 6 nitrogen and oxygen atoms in total. The Kier molecular flexibility index (Phi) is 5.76. The third kappa shape index (κ3) is 4.44. The number of likely N-dealkylation sites (N-methyl/N-ethyl adjacent to an activating group) is 1. The van der Waals surface area contributed by atoms with Gasteiger partial charge in [-0.3, -0.25) is 9.78 Å². The first kappa shape index (κ1) is 18.7. The Morgan fingerprint density at radius 1 is 0.893 bits per heavy atom. The van der Waals surface area contributed by atoms with E-state index in [2.05, 4.69) is 51.4 Å². The normalized spacial score (nSPS) is 18.2. The van der Waals surface area contributed by atoms with E-state index in [0.717, 1.165) is 50.6 Å². The van der Waals surface area contributed by atoms with E-state index in [1.165, 1.54) is 24.9 Å². The number of hydrogen-bond donors (Lipinski definition) is 1. The maximum Gasteiger partial charge on any atom is 0.255 e. The van der Waals surface area contributed by atoms with Crippen LogP contribution in [0.5, 0.6) is 0 Å². The molecule has 148 valence electrons. The second kappa shape index (κ2) is 8.61. The number of piperazine rings is 1. The quantitative estimate of drug-likeness (QED) is 0.884. The molecule has 1 aromatic carbocycles. The summed E-state index contributed by atoms with van der Waals surface area (Å²) < 4.78 is 0. The van der Waals surface area contributed by atoms with Crippen molar-refractivity contribution in [3.8, 4) is 0 Å². The average molecular weight is 380 g/mol. The molecule has 4 rings (SSSR count). The molecule has 2 aromatic rings. The van der Waals surface area contributed by atoms with Crippen LogP contribution in [0.3, 0.4) is 0 Å². The molecule has 3 heterocycles. The number of rotatable bonds is 4. The number of benzene rings is 1. The summed E-state index contributed by atoms with van der Waals surface area (Å²) in [5.74, 6) is 0.0599. The monoisotopic (exact) mass is 379 g/mol. The van der Waals surface area contributed by atoms with E-state index in [4.69, 9.17) is 0 Å². The van der Waals surface area contributed by atoms with Gasteiger partial charge in [-0.1, -0.05) is 0 Å². The highest BCUT2D eigenvalue weighted by Gasteiger charge is 2.20. The molecule has 0 radical (unpaired) electrons. The Balaban J connectivity index is 1.41. The van der Waals surface area contributed by atoms with Crippen LogP contribution in [0.15, 0.2) is 42.7 Å². The van der Waals surface area contributed by atoms with E-state index in [-0.39, 0.29) is 5.91 Å². The maximum atomic E-state index is 12.8. The van der Waals surface area contributed by atoms with Gasteiger partial charge in [0.2, 0.25) is 0 Å². The van der Waals surface area contributed by atoms with E-state index in [9.17, 15) is 4.79 Å². The Morgan fingerprint density at radius 2 is 1.61 bits per heavy atom. The summed E-state index contributed by atoms with van der Waals surface area (Å²) in [4.78, 5) is 23.6. The van der Waals surface area contributed by atoms with Crippen LogP contribution in [-0.2, 0) is 0 Å². The van der Waals surface area contributed by atoms with Crippen molar-refractivity contribution in [2.45, 2.75) is 19.3 Å². The third-order valence-corrected chi connectivity index (χ3v) is 5.65. The fourth-order valence-electron chi connectivity index (χ4n) is 3.89. The molecule has 2 aliphatic rings. The summed E-state index contributed by atoms with van der Waals surface area (Å²) in [5, 5.41) is 3.38. The maximum absolute atomic E-state index is 12.8. The summed E-state index contributed by atoms with van der Waals surface area (Å²) in [6.45, 7) is 5.66. The molecule has 1 amide bonds. The number of hydrogen-bond acceptors (Lipinski definition) is 5. The lowest BCUT2D eigenvalue weighted by atomic mass is 10.1. The summed E-state index contributed by atoms with van der Waals surface area (Å²) >= 11 is 0. The third-order valence-electron chi connectivity index (χ3n) is 5.65. The fourth-order valence-corrected chi connectivity index (χ4v) is 3.89. The van der Waals surface area contributed by atoms with Crippen LogP contribution >= 0.6 is 0 Å². The van der Waals surface area contributed by atoms with Crippen LogP contribution in [0.1, 0.15) is 29.6 Å². The SMILES string of the molecule is CN1CCN(C(=O)c2cncc(Nc3ccc(N4CCCCC4)cc3)c2)CC1. The van der Waals surface area contributed by atoms with Gasteiger partial charge >= 0.3 is 0 Å². The van der Waals surface area contributed by atoms with Crippen LogP contribution in [0.25, 0.3) is 0 Å². The van der Waals surface area contributed by atoms with Crippen molar-refractivity contribution in [3.05, 3.63) is 48.3 Å². The molecule has 28 heavy (non-hydrogen) atoms. The lowest BCUT2D eigenvalue weighted by Crippen LogP contribution is -2.47. The zero-order valence-electron chi connectivity index (χ0n) is 16.6. The number of aromatic nitrogens is 1. The molecule has 0 saturated carbocycles. The number of amides is 1. The van der Waals surface area contributed by atoms with Crippen LogP contribution in [0, 0.1) is 0 Å². The summed E-state index contributed by atoms with van der Waals surface area (Å²) in [6, 6.07) is 10.4. The predicted molar refractivity (Wildman–Crippen MR) is 113 cm³/mol. The number of piperidine rings is 1. The number of carbonyl (C=O) groups excluding carboxylic acids is 1. The first-order chi connectivity index (χ1) is 13.7. The van der Waals surface area contributed by atoms with Crippen molar-refractivity contribution in [2.24, 2.45) is 0 Å². The van der Waals surface area contributed by atoms with Gasteiger partial charge in [0.05, 0.1) is 17.4 Å². The second-order valence-electron chi connectivity index (χ2n) is 7.78. The minimum absolute atomic E-state index is 0.0599. The Hall–Kier alpha value is -2.60. The minimum Gasteiger partial charge on any atom is -0.372 e. The highest BCUT2D eigenvalue weighted by molar-refractivity contribution is 5.95. The molecule has 0 bridgehead atoms. The number of anilines is 3. The molecule has 1 N–H and O–H groups in total. The van der Waals surface area contributed by atoms with Gasteiger partial charge in [-0.15, -0.1) is 0 Å². The topological polar surface area (TPSA) is 51.7 Å². The Labute approximate surface area is 167 Å². The van der Waals surface area contributed by atoms with E-state index in [0.29, 0.717) is 5.56 Å². The summed E-state index contributed by atoms with van der Waals surface area (Å²) in [7, 11) is 2.09. The van der Waals surface area contributed by atoms with E-state index in [1.54, 1.807) is 12.4 Å². The van der Waals surface area contributed by atoms with E-state index in [1.807, 2.05) is 11.0 Å². The Morgan fingerprint density at radius 3 is 2.32 bits per heavy atom. The highest BCUT2D eigenvalue weighted by atomic mass is 16.2. The molecule has 1 aromatic heterocycles. The van der Waals surface area contributed by atoms with Crippen LogP contribution < -0.4 is 10.2 Å². The van der Waals surface area contributed by atoms with Gasteiger partial charge < -0.3 is 20.0 Å². The largest absolute Gasteiger partial charge is 0.372 e. The molecule has 2 fully saturated rings. The molecular formula is C22H29N5O. The molecule has 0 spiro atoms. The van der Waals surface area contributed by atoms with Crippen molar-refractivity contribution >= 4 is 23.0 Å². The fraction of sp³-hybridized carbons (Fsp3) is 0.455. The van der Waals surface area contributed by atoms with Gasteiger partial charge in [0, 0.05) is 56.8 Å². The van der Waals surface area contributed by atoms with Crippen molar-refractivity contribution in [3.63, 3.8) is 0 Å². The lowest BCUT2D eigenvalue weighted by Gasteiger charge is -2.32. The zero-order valence-corrected chi connectivity index (χ0v) is 16.6. The van der Waals surface area contributed by atoms with Crippen LogP contribution in [0.2, 0.25) is 0 Å². The summed E-state index contributed by atoms with van der Waals surface area (Å²) in [6.07, 6.45) is 7.32. The van der Waals surface area contributed by atoms with Gasteiger partial charge in [0.1, 0.15) is 0 Å². The molecule has 0 aliphatic carbocycles. The van der Waals surface area contributed by atoms with E-state index >= 15 is 0 Å². The second-order valence-corrected chi connectivity index (χ2v) is 7.78. The molecular weight excluding hydrogens is 350 g/mol. The van der Waals surface area contributed by atoms with Crippen molar-refractivity contribution in [2.75, 3.05) is 56.5 Å². The van der Waals surface area contributed by atoms with Crippen molar-refractivity contribution in [1.29, 1.82) is 0 Å². The zero-order chi connectivity index (χ0) is 19.3. The van der Waals surface area contributed by atoms with Crippen LogP contribution in [0.4, 0.5) is 17.1 Å². The van der Waals surface area contributed by atoms with Gasteiger partial charge in [0.25, 0.3) is 5.91 Å². The van der Waals surface area contributed by atoms with Crippen LogP contribution in [-0.4, -0.2) is 67.0 Å². The predicted octanol–water partition coefficient (Wildman–Crippen LogP) is 3.20. The van der Waals surface area contributed by atoms with Gasteiger partial charge in [-0.25, -0.2) is 0 Å². The van der Waals surface area contributed by atoms with Gasteiger partial charge in [-0.2, -0.15) is 0 Å². The van der Waals surface area contributed by atoms with Crippen molar-refractivity contribution in [1.82, 2.24) is 14.8 Å². The van der Waals surface area contributed by atoms with Gasteiger partial charge in [0.15, 0.2) is 0 Å². The number of pyridine rings is 1. The lowest BCUT2D eigenvalue weighted by molar-refractivity contribution is 0.0663. The minimum atomic E-state index is 0.0599. The first-order valence-electron chi connectivity index (χ1n) is 10.2. The number of nitrogens with one attached hydrogen (secondary N) is 1. The molecule has 0 unspecified atom stereocenters. The van der Waals surface area contributed by atoms with E-state index < -0.39 is 0 Å². The number of carbonyl (C=O) groups is 1. The van der Waals surface area contributed by atoms with Gasteiger partial charge in [-0.05, 0) is 56.6 Å². The first-order valence-corrected chi connectivity index (χ1v) is 10.2. The Bertz CT molecular complexity index is 793.